The number of nitrogens with one attached hydrogen (secondary N) is 1. The number of amides is 2. The number of methoxy groups -OCH3 is 1. The largest absolute Gasteiger partial charge is 0.390 e. The van der Waals surface area contributed by atoms with Gasteiger partial charge in [-0.05, 0) is 39.0 Å². The molecule has 1 unspecified atom stereocenters. The predicted octanol–water partition coefficient (Wildman–Crippen LogP) is 1.13. The molecule has 2 amide bonds. The van der Waals surface area contributed by atoms with Crippen molar-refractivity contribution in [2.45, 2.75) is 50.2 Å². The standard InChI is InChI=1S/C15H28N2O4/c1-14(20-2)4-3-9-17(12-14)13(18)16-8-5-15(19)6-10-21-11-7-15/h19H,3-12H2,1-2H3,(H,16,18). The minimum atomic E-state index is -0.686. The maximum atomic E-state index is 12.2. The van der Waals surface area contributed by atoms with Gasteiger partial charge in [-0.3, -0.25) is 0 Å². The number of piperidine rings is 1. The van der Waals surface area contributed by atoms with E-state index in [-0.39, 0.29) is 11.6 Å². The lowest BCUT2D eigenvalue weighted by atomic mass is 9.91. The van der Waals surface area contributed by atoms with Gasteiger partial charge in [0.1, 0.15) is 0 Å². The van der Waals surface area contributed by atoms with Crippen LogP contribution in [0.1, 0.15) is 39.0 Å². The first-order valence-corrected chi connectivity index (χ1v) is 7.84. The second kappa shape index (κ2) is 6.94. The molecule has 0 aliphatic carbocycles. The summed E-state index contributed by atoms with van der Waals surface area (Å²) < 4.78 is 10.8. The quantitative estimate of drug-likeness (QED) is 0.816. The predicted molar refractivity (Wildman–Crippen MR) is 79.2 cm³/mol. The summed E-state index contributed by atoms with van der Waals surface area (Å²) in [6, 6.07) is -0.0614. The molecular weight excluding hydrogens is 272 g/mol. The lowest BCUT2D eigenvalue weighted by Gasteiger charge is -2.39. The van der Waals surface area contributed by atoms with Gasteiger partial charge in [0.15, 0.2) is 0 Å². The van der Waals surface area contributed by atoms with Crippen LogP contribution in [-0.4, -0.2) is 67.2 Å². The van der Waals surface area contributed by atoms with Crippen molar-refractivity contribution in [1.82, 2.24) is 10.2 Å². The van der Waals surface area contributed by atoms with E-state index in [1.54, 1.807) is 12.0 Å². The zero-order valence-electron chi connectivity index (χ0n) is 13.2. The number of hydrogen-bond acceptors (Lipinski definition) is 4. The number of aliphatic hydroxyl groups is 1. The van der Waals surface area contributed by atoms with Crippen LogP contribution in [0.2, 0.25) is 0 Å². The number of urea groups is 1. The Morgan fingerprint density at radius 1 is 1.38 bits per heavy atom. The number of carbonyl (C=O) groups excluding carboxylic acids is 1. The van der Waals surface area contributed by atoms with E-state index in [1.165, 1.54) is 0 Å². The molecule has 1 atom stereocenters. The topological polar surface area (TPSA) is 71.0 Å². The highest BCUT2D eigenvalue weighted by molar-refractivity contribution is 5.74. The highest BCUT2D eigenvalue weighted by atomic mass is 16.5. The van der Waals surface area contributed by atoms with Crippen LogP contribution in [0.5, 0.6) is 0 Å². The summed E-state index contributed by atoms with van der Waals surface area (Å²) in [5.74, 6) is 0. The number of ether oxygens (including phenoxy) is 2. The molecule has 0 bridgehead atoms. The van der Waals surface area contributed by atoms with Crippen molar-refractivity contribution in [3.05, 3.63) is 0 Å². The van der Waals surface area contributed by atoms with Crippen LogP contribution < -0.4 is 5.32 Å². The Kier molecular flexibility index (Phi) is 5.46. The molecule has 0 aromatic carbocycles. The molecule has 0 aromatic heterocycles. The fourth-order valence-corrected chi connectivity index (χ4v) is 3.06. The van der Waals surface area contributed by atoms with Crippen LogP contribution in [0.25, 0.3) is 0 Å². The van der Waals surface area contributed by atoms with E-state index in [0.717, 1.165) is 19.4 Å². The third-order valence-electron chi connectivity index (χ3n) is 4.73. The van der Waals surface area contributed by atoms with Crippen molar-refractivity contribution >= 4 is 6.03 Å². The van der Waals surface area contributed by atoms with Crippen molar-refractivity contribution in [3.63, 3.8) is 0 Å². The molecular formula is C15H28N2O4. The van der Waals surface area contributed by atoms with Crippen LogP contribution in [0.15, 0.2) is 0 Å². The van der Waals surface area contributed by atoms with Crippen molar-refractivity contribution in [2.24, 2.45) is 0 Å². The molecule has 122 valence electrons. The fourth-order valence-electron chi connectivity index (χ4n) is 3.06. The fraction of sp³-hybridized carbons (Fsp3) is 0.933. The Morgan fingerprint density at radius 3 is 2.76 bits per heavy atom. The summed E-state index contributed by atoms with van der Waals surface area (Å²) in [6.07, 6.45) is 3.81. The smallest absolute Gasteiger partial charge is 0.317 e. The second-order valence-corrected chi connectivity index (χ2v) is 6.50. The number of likely N-dealkylation sites (tertiary alicyclic amines) is 1. The van der Waals surface area contributed by atoms with Gasteiger partial charge in [0, 0.05) is 33.4 Å². The molecule has 2 aliphatic rings. The normalized spacial score (nSPS) is 29.2. The lowest BCUT2D eigenvalue weighted by Crippen LogP contribution is -2.53. The highest BCUT2D eigenvalue weighted by Gasteiger charge is 2.33. The Bertz CT molecular complexity index is 358. The molecule has 2 fully saturated rings. The van der Waals surface area contributed by atoms with E-state index >= 15 is 0 Å². The Morgan fingerprint density at radius 2 is 2.10 bits per heavy atom. The monoisotopic (exact) mass is 300 g/mol. The average Bonchev–Trinajstić information content (AvgIpc) is 2.48. The maximum Gasteiger partial charge on any atom is 0.317 e. The molecule has 2 aliphatic heterocycles. The van der Waals surface area contributed by atoms with Crippen LogP contribution >= 0.6 is 0 Å². The van der Waals surface area contributed by atoms with Gasteiger partial charge in [0.05, 0.1) is 17.7 Å². The molecule has 2 heterocycles. The third kappa shape index (κ3) is 4.56. The van der Waals surface area contributed by atoms with Gasteiger partial charge < -0.3 is 24.8 Å². The number of rotatable bonds is 4. The van der Waals surface area contributed by atoms with Crippen molar-refractivity contribution < 1.29 is 19.4 Å². The van der Waals surface area contributed by atoms with Crippen LogP contribution in [0, 0.1) is 0 Å². The zero-order valence-corrected chi connectivity index (χ0v) is 13.2. The molecule has 0 saturated carbocycles. The Balaban J connectivity index is 1.74. The Hall–Kier alpha value is -0.850. The zero-order chi connectivity index (χ0) is 15.3. The van der Waals surface area contributed by atoms with E-state index in [9.17, 15) is 9.90 Å². The van der Waals surface area contributed by atoms with E-state index in [4.69, 9.17) is 9.47 Å². The van der Waals surface area contributed by atoms with E-state index in [0.29, 0.717) is 45.6 Å². The first-order valence-electron chi connectivity index (χ1n) is 7.84. The van der Waals surface area contributed by atoms with Crippen LogP contribution in [0.3, 0.4) is 0 Å². The molecule has 6 heteroatoms. The number of nitrogens with zero attached hydrogens (tertiary/aromatic N) is 1. The molecule has 0 aromatic rings. The average molecular weight is 300 g/mol. The summed E-state index contributed by atoms with van der Waals surface area (Å²) in [5, 5.41) is 13.3. The highest BCUT2D eigenvalue weighted by Crippen LogP contribution is 2.25. The molecule has 2 N–H and O–H groups in total. The van der Waals surface area contributed by atoms with Gasteiger partial charge in [-0.25, -0.2) is 4.79 Å². The van der Waals surface area contributed by atoms with Crippen molar-refractivity contribution in [2.75, 3.05) is 40.0 Å². The van der Waals surface area contributed by atoms with Gasteiger partial charge in [-0.15, -0.1) is 0 Å². The number of hydrogen-bond donors (Lipinski definition) is 2. The maximum absolute atomic E-state index is 12.2. The molecule has 2 rings (SSSR count). The first-order chi connectivity index (χ1) is 9.96. The van der Waals surface area contributed by atoms with Crippen molar-refractivity contribution in [3.8, 4) is 0 Å². The SMILES string of the molecule is COC1(C)CCCN(C(=O)NCCC2(O)CCOCC2)C1. The van der Waals surface area contributed by atoms with E-state index in [2.05, 4.69) is 5.32 Å². The molecule has 0 radical (unpaired) electrons. The van der Waals surface area contributed by atoms with E-state index < -0.39 is 5.60 Å². The summed E-state index contributed by atoms with van der Waals surface area (Å²) in [7, 11) is 1.70. The van der Waals surface area contributed by atoms with Gasteiger partial charge in [0.25, 0.3) is 0 Å². The molecule has 6 nitrogen and oxygen atoms in total. The minimum Gasteiger partial charge on any atom is -0.390 e. The van der Waals surface area contributed by atoms with Crippen LogP contribution in [-0.2, 0) is 9.47 Å². The molecule has 21 heavy (non-hydrogen) atoms. The minimum absolute atomic E-state index is 0.0614. The lowest BCUT2D eigenvalue weighted by molar-refractivity contribution is -0.0674. The van der Waals surface area contributed by atoms with Gasteiger partial charge >= 0.3 is 6.03 Å². The first kappa shape index (κ1) is 16.5. The van der Waals surface area contributed by atoms with Crippen LogP contribution in [0.4, 0.5) is 4.79 Å². The van der Waals surface area contributed by atoms with Crippen molar-refractivity contribution in [1.29, 1.82) is 0 Å². The van der Waals surface area contributed by atoms with E-state index in [1.807, 2.05) is 6.92 Å². The van der Waals surface area contributed by atoms with Gasteiger partial charge in [0.2, 0.25) is 0 Å². The summed E-state index contributed by atoms with van der Waals surface area (Å²) in [5.41, 5.74) is -0.928. The summed E-state index contributed by atoms with van der Waals surface area (Å²) in [4.78, 5) is 14.0. The molecule has 2 saturated heterocycles. The number of carbonyl (C=O) groups is 1. The molecule has 0 spiro atoms. The Labute approximate surface area is 126 Å². The summed E-state index contributed by atoms with van der Waals surface area (Å²) >= 11 is 0. The summed E-state index contributed by atoms with van der Waals surface area (Å²) in [6.45, 7) is 5.12. The second-order valence-electron chi connectivity index (χ2n) is 6.50. The third-order valence-corrected chi connectivity index (χ3v) is 4.73. The van der Waals surface area contributed by atoms with Gasteiger partial charge in [-0.2, -0.15) is 0 Å². The van der Waals surface area contributed by atoms with Gasteiger partial charge in [-0.1, -0.05) is 0 Å².